The standard InChI is InChI=1S/C24H28N4O4/c29-23(17-28-21-3-1-2-4-22(21)32-24(28)30)27-13-7-18(8-14-27)26-15-9-20(10-16-26)31-19-5-11-25-12-6-19/h1-6,11-12,18,20H,7-10,13-17H2. The summed E-state index contributed by atoms with van der Waals surface area (Å²) in [5.41, 5.74) is 1.18. The number of carbonyl (C=O) groups excluding carboxylic acids is 1. The molecule has 0 radical (unpaired) electrons. The van der Waals surface area contributed by atoms with E-state index in [1.165, 1.54) is 4.57 Å². The van der Waals surface area contributed by atoms with Crippen LogP contribution in [-0.2, 0) is 11.3 Å². The fourth-order valence-corrected chi connectivity index (χ4v) is 4.85. The summed E-state index contributed by atoms with van der Waals surface area (Å²) in [5.74, 6) is 0.377. The molecular formula is C24H28N4O4. The summed E-state index contributed by atoms with van der Waals surface area (Å²) in [7, 11) is 0. The largest absolute Gasteiger partial charge is 0.490 e. The molecule has 8 nitrogen and oxygen atoms in total. The lowest BCUT2D eigenvalue weighted by Gasteiger charge is -2.41. The van der Waals surface area contributed by atoms with Crippen LogP contribution in [0.2, 0.25) is 0 Å². The van der Waals surface area contributed by atoms with Crippen molar-refractivity contribution in [1.82, 2.24) is 19.4 Å². The van der Waals surface area contributed by atoms with Gasteiger partial charge in [0.25, 0.3) is 0 Å². The monoisotopic (exact) mass is 436 g/mol. The van der Waals surface area contributed by atoms with Crippen LogP contribution in [0.4, 0.5) is 0 Å². The Balaban J connectivity index is 1.11. The summed E-state index contributed by atoms with van der Waals surface area (Å²) in [4.78, 5) is 33.5. The minimum Gasteiger partial charge on any atom is -0.490 e. The van der Waals surface area contributed by atoms with Gasteiger partial charge in [-0.15, -0.1) is 0 Å². The molecule has 5 rings (SSSR count). The summed E-state index contributed by atoms with van der Waals surface area (Å²) < 4.78 is 12.7. The zero-order valence-corrected chi connectivity index (χ0v) is 18.1. The summed E-state index contributed by atoms with van der Waals surface area (Å²) in [6.45, 7) is 3.51. The molecule has 0 N–H and O–H groups in total. The molecule has 2 aliphatic heterocycles. The molecule has 8 heteroatoms. The highest BCUT2D eigenvalue weighted by Gasteiger charge is 2.30. The van der Waals surface area contributed by atoms with Crippen molar-refractivity contribution in [2.75, 3.05) is 26.2 Å². The Labute approximate surface area is 186 Å². The van der Waals surface area contributed by atoms with Crippen LogP contribution in [-0.4, -0.2) is 63.6 Å². The Hall–Kier alpha value is -3.13. The van der Waals surface area contributed by atoms with Gasteiger partial charge < -0.3 is 14.1 Å². The Bertz CT molecular complexity index is 1110. The lowest BCUT2D eigenvalue weighted by Crippen LogP contribution is -2.50. The lowest BCUT2D eigenvalue weighted by atomic mass is 9.98. The fraction of sp³-hybridized carbons (Fsp3) is 0.458. The molecule has 168 valence electrons. The highest BCUT2D eigenvalue weighted by Crippen LogP contribution is 2.24. The van der Waals surface area contributed by atoms with Gasteiger partial charge in [0, 0.05) is 44.6 Å². The van der Waals surface area contributed by atoms with Gasteiger partial charge in [-0.3, -0.25) is 19.2 Å². The van der Waals surface area contributed by atoms with E-state index in [2.05, 4.69) is 9.88 Å². The van der Waals surface area contributed by atoms with Crippen molar-refractivity contribution < 1.29 is 13.9 Å². The number of hydrogen-bond acceptors (Lipinski definition) is 6. The molecule has 32 heavy (non-hydrogen) atoms. The van der Waals surface area contributed by atoms with Gasteiger partial charge in [-0.05, 0) is 49.9 Å². The molecule has 0 unspecified atom stereocenters. The van der Waals surface area contributed by atoms with Crippen molar-refractivity contribution in [3.8, 4) is 5.75 Å². The van der Waals surface area contributed by atoms with Gasteiger partial charge in [0.2, 0.25) is 5.91 Å². The summed E-state index contributed by atoms with van der Waals surface area (Å²) in [6, 6.07) is 11.5. The predicted molar refractivity (Wildman–Crippen MR) is 120 cm³/mol. The molecule has 2 fully saturated rings. The second-order valence-electron chi connectivity index (χ2n) is 8.57. The Kier molecular flexibility index (Phi) is 5.94. The first-order chi connectivity index (χ1) is 15.7. The van der Waals surface area contributed by atoms with Crippen molar-refractivity contribution in [3.05, 3.63) is 59.3 Å². The number of oxazole rings is 1. The van der Waals surface area contributed by atoms with E-state index in [4.69, 9.17) is 9.15 Å². The first kappa shape index (κ1) is 20.8. The van der Waals surface area contributed by atoms with E-state index in [1.54, 1.807) is 18.5 Å². The Morgan fingerprint density at radius 1 is 1.00 bits per heavy atom. The topological polar surface area (TPSA) is 80.8 Å². The number of carbonyl (C=O) groups is 1. The molecule has 0 saturated carbocycles. The minimum atomic E-state index is -0.480. The van der Waals surface area contributed by atoms with Crippen LogP contribution in [0.25, 0.3) is 11.1 Å². The highest BCUT2D eigenvalue weighted by molar-refractivity contribution is 5.79. The average Bonchev–Trinajstić information content (AvgIpc) is 3.15. The number of piperidine rings is 2. The van der Waals surface area contributed by atoms with Crippen molar-refractivity contribution in [2.45, 2.75) is 44.4 Å². The maximum Gasteiger partial charge on any atom is 0.420 e. The van der Waals surface area contributed by atoms with Crippen LogP contribution in [0.15, 0.2) is 58.0 Å². The zero-order valence-electron chi connectivity index (χ0n) is 18.1. The first-order valence-electron chi connectivity index (χ1n) is 11.3. The van der Waals surface area contributed by atoms with Crippen LogP contribution in [0.5, 0.6) is 5.75 Å². The van der Waals surface area contributed by atoms with Gasteiger partial charge in [-0.1, -0.05) is 12.1 Å². The number of likely N-dealkylation sites (tertiary alicyclic amines) is 2. The van der Waals surface area contributed by atoms with Gasteiger partial charge in [0.15, 0.2) is 5.58 Å². The molecule has 2 saturated heterocycles. The normalized spacial score (nSPS) is 18.8. The number of para-hydroxylation sites is 2. The third kappa shape index (κ3) is 4.41. The molecule has 4 heterocycles. The number of fused-ring (bicyclic) bond motifs is 1. The molecular weight excluding hydrogens is 408 g/mol. The molecule has 2 aromatic heterocycles. The van der Waals surface area contributed by atoms with E-state index < -0.39 is 5.76 Å². The zero-order chi connectivity index (χ0) is 21.9. The molecule has 0 aliphatic carbocycles. The third-order valence-corrected chi connectivity index (χ3v) is 6.63. The molecule has 3 aromatic rings. The van der Waals surface area contributed by atoms with Gasteiger partial charge in [-0.25, -0.2) is 4.79 Å². The number of nitrogens with zero attached hydrogens (tertiary/aromatic N) is 4. The maximum absolute atomic E-state index is 12.9. The van der Waals surface area contributed by atoms with Gasteiger partial charge >= 0.3 is 5.76 Å². The fourth-order valence-electron chi connectivity index (χ4n) is 4.85. The van der Waals surface area contributed by atoms with Crippen molar-refractivity contribution in [3.63, 3.8) is 0 Å². The van der Waals surface area contributed by atoms with Crippen LogP contribution >= 0.6 is 0 Å². The molecule has 0 bridgehead atoms. The van der Waals surface area contributed by atoms with E-state index in [0.717, 1.165) is 57.6 Å². The SMILES string of the molecule is O=C(Cn1c(=O)oc2ccccc21)N1CCC(N2CCC(Oc3ccncc3)CC2)CC1. The predicted octanol–water partition coefficient (Wildman–Crippen LogP) is 2.52. The van der Waals surface area contributed by atoms with E-state index in [9.17, 15) is 9.59 Å². The molecule has 0 atom stereocenters. The summed E-state index contributed by atoms with van der Waals surface area (Å²) >= 11 is 0. The van der Waals surface area contributed by atoms with Crippen LogP contribution < -0.4 is 10.5 Å². The summed E-state index contributed by atoms with van der Waals surface area (Å²) in [6.07, 6.45) is 7.70. The second kappa shape index (κ2) is 9.16. The molecule has 1 aromatic carbocycles. The third-order valence-electron chi connectivity index (χ3n) is 6.63. The first-order valence-corrected chi connectivity index (χ1v) is 11.3. The number of rotatable bonds is 5. The number of hydrogen-bond donors (Lipinski definition) is 0. The van der Waals surface area contributed by atoms with Crippen molar-refractivity contribution in [2.24, 2.45) is 0 Å². The number of pyridine rings is 1. The molecule has 0 spiro atoms. The summed E-state index contributed by atoms with van der Waals surface area (Å²) in [5, 5.41) is 0. The Morgan fingerprint density at radius 2 is 1.72 bits per heavy atom. The van der Waals surface area contributed by atoms with Crippen molar-refractivity contribution >= 4 is 17.0 Å². The highest BCUT2D eigenvalue weighted by atomic mass is 16.5. The Morgan fingerprint density at radius 3 is 2.47 bits per heavy atom. The number of ether oxygens (including phenoxy) is 1. The quantitative estimate of drug-likeness (QED) is 0.612. The smallest absolute Gasteiger partial charge is 0.420 e. The number of aromatic nitrogens is 2. The van der Waals surface area contributed by atoms with Crippen molar-refractivity contribution in [1.29, 1.82) is 0 Å². The molecule has 1 amide bonds. The van der Waals surface area contributed by atoms with E-state index in [-0.39, 0.29) is 18.6 Å². The van der Waals surface area contributed by atoms with Crippen LogP contribution in [0, 0.1) is 0 Å². The lowest BCUT2D eigenvalue weighted by molar-refractivity contribution is -0.133. The van der Waals surface area contributed by atoms with Gasteiger partial charge in [0.1, 0.15) is 18.4 Å². The van der Waals surface area contributed by atoms with E-state index in [0.29, 0.717) is 17.1 Å². The average molecular weight is 437 g/mol. The molecule has 2 aliphatic rings. The van der Waals surface area contributed by atoms with E-state index in [1.807, 2.05) is 35.2 Å². The second-order valence-corrected chi connectivity index (χ2v) is 8.57. The number of amides is 1. The maximum atomic E-state index is 12.9. The number of benzene rings is 1. The van der Waals surface area contributed by atoms with Crippen LogP contribution in [0.3, 0.4) is 0 Å². The van der Waals surface area contributed by atoms with E-state index >= 15 is 0 Å². The van der Waals surface area contributed by atoms with Gasteiger partial charge in [-0.2, -0.15) is 0 Å². The van der Waals surface area contributed by atoms with Crippen LogP contribution in [0.1, 0.15) is 25.7 Å². The van der Waals surface area contributed by atoms with Gasteiger partial charge in [0.05, 0.1) is 5.52 Å². The minimum absolute atomic E-state index is 0.0260.